The number of hydrogen-bond acceptors (Lipinski definition) is 6. The molecule has 0 aromatic heterocycles. The highest BCUT2D eigenvalue weighted by atomic mass is 17.2. The molecule has 6 nitrogen and oxygen atoms in total. The molecule has 0 heterocycles. The monoisotopic (exact) mass is 356 g/mol. The molecule has 0 atom stereocenters. The number of hydrogen-bond donors (Lipinski definition) is 0. The van der Waals surface area contributed by atoms with E-state index in [1.54, 1.807) is 39.8 Å². The molecule has 0 bridgehead atoms. The van der Waals surface area contributed by atoms with Crippen LogP contribution < -0.4 is 0 Å². The molecule has 0 saturated carbocycles. The van der Waals surface area contributed by atoms with Gasteiger partial charge in [0.1, 0.15) is 11.2 Å². The first-order valence-electron chi connectivity index (χ1n) is 8.66. The summed E-state index contributed by atoms with van der Waals surface area (Å²) in [4.78, 5) is 42.4. The number of unbranched alkanes of at least 4 members (excludes halogenated alkanes) is 4. The van der Waals surface area contributed by atoms with Crippen LogP contribution in [0.5, 0.6) is 0 Å². The zero-order valence-electron chi connectivity index (χ0n) is 16.0. The lowest BCUT2D eigenvalue weighted by atomic mass is 10.1. The number of carbonyl (C=O) groups excluding carboxylic acids is 2. The fraction of sp³-hybridized carbons (Fsp3) is 0.684. The highest BCUT2D eigenvalue weighted by Gasteiger charge is 2.18. The zero-order chi connectivity index (χ0) is 19.3. The Bertz CT molecular complexity index is 399. The van der Waals surface area contributed by atoms with E-state index in [4.69, 9.17) is 19.6 Å². The Kier molecular flexibility index (Phi) is 11.0. The highest BCUT2D eigenvalue weighted by molar-refractivity contribution is 5.68. The van der Waals surface area contributed by atoms with Gasteiger partial charge in [-0.2, -0.15) is 9.78 Å². The van der Waals surface area contributed by atoms with Gasteiger partial charge in [0.15, 0.2) is 0 Å². The summed E-state index contributed by atoms with van der Waals surface area (Å²) in [6.45, 7) is 14.2. The fourth-order valence-corrected chi connectivity index (χ4v) is 1.53. The van der Waals surface area contributed by atoms with E-state index in [1.807, 2.05) is 0 Å². The van der Waals surface area contributed by atoms with Gasteiger partial charge in [-0.1, -0.05) is 31.4 Å². The van der Waals surface area contributed by atoms with Gasteiger partial charge < -0.3 is 0 Å². The van der Waals surface area contributed by atoms with Crippen molar-refractivity contribution >= 4 is 11.9 Å². The van der Waals surface area contributed by atoms with Crippen molar-refractivity contribution in [2.75, 3.05) is 0 Å². The predicted molar refractivity (Wildman–Crippen MR) is 95.2 cm³/mol. The van der Waals surface area contributed by atoms with Gasteiger partial charge in [0.2, 0.25) is 0 Å². The largest absolute Gasteiger partial charge is 0.342 e. The zero-order valence-corrected chi connectivity index (χ0v) is 16.0. The lowest BCUT2D eigenvalue weighted by Gasteiger charge is -2.17. The first-order valence-corrected chi connectivity index (χ1v) is 8.66. The Morgan fingerprint density at radius 2 is 1.04 bits per heavy atom. The van der Waals surface area contributed by atoms with Gasteiger partial charge in [-0.3, -0.25) is 9.78 Å². The minimum atomic E-state index is -0.686. The Morgan fingerprint density at radius 3 is 1.36 bits per heavy atom. The summed E-state index contributed by atoms with van der Waals surface area (Å²) >= 11 is 0. The molecule has 0 rings (SSSR count). The molecular weight excluding hydrogens is 324 g/mol. The molecule has 0 aliphatic carbocycles. The second kappa shape index (κ2) is 11.8. The van der Waals surface area contributed by atoms with Gasteiger partial charge >= 0.3 is 11.9 Å². The van der Waals surface area contributed by atoms with Crippen LogP contribution >= 0.6 is 0 Å². The van der Waals surface area contributed by atoms with Crippen molar-refractivity contribution in [2.24, 2.45) is 0 Å². The maximum atomic E-state index is 11.5. The summed E-state index contributed by atoms with van der Waals surface area (Å²) in [6.07, 6.45) is 7.88. The molecule has 0 saturated heterocycles. The van der Waals surface area contributed by atoms with Crippen LogP contribution in [-0.4, -0.2) is 23.1 Å². The Labute approximate surface area is 151 Å². The second-order valence-corrected chi connectivity index (χ2v) is 6.96. The molecule has 25 heavy (non-hydrogen) atoms. The van der Waals surface area contributed by atoms with Gasteiger partial charge in [0.05, 0.1) is 0 Å². The van der Waals surface area contributed by atoms with Crippen LogP contribution in [0.4, 0.5) is 0 Å². The van der Waals surface area contributed by atoms with Crippen molar-refractivity contribution in [2.45, 2.75) is 83.8 Å². The standard InChI is InChI=1S/C19H32O6/c1-7-18(3,4)24-22-16(20)14-12-10-9-11-13-15-17(21)23-25-19(5,6)8-2/h7-8H,1-2,9-15H2,3-6H3. The lowest BCUT2D eigenvalue weighted by Crippen LogP contribution is -2.23. The molecule has 6 heteroatoms. The quantitative estimate of drug-likeness (QED) is 0.196. The van der Waals surface area contributed by atoms with Crippen LogP contribution in [0.2, 0.25) is 0 Å². The molecule has 0 aliphatic heterocycles. The third-order valence-electron chi connectivity index (χ3n) is 3.44. The van der Waals surface area contributed by atoms with Crippen molar-refractivity contribution in [3.05, 3.63) is 25.3 Å². The first-order chi connectivity index (χ1) is 11.6. The van der Waals surface area contributed by atoms with Crippen LogP contribution in [0.25, 0.3) is 0 Å². The van der Waals surface area contributed by atoms with Crippen molar-refractivity contribution < 1.29 is 29.1 Å². The average molecular weight is 356 g/mol. The van der Waals surface area contributed by atoms with Crippen molar-refractivity contribution in [1.29, 1.82) is 0 Å². The van der Waals surface area contributed by atoms with E-state index in [0.717, 1.165) is 32.1 Å². The van der Waals surface area contributed by atoms with E-state index in [9.17, 15) is 9.59 Å². The van der Waals surface area contributed by atoms with Gasteiger partial charge in [-0.05, 0) is 40.5 Å². The van der Waals surface area contributed by atoms with Gasteiger partial charge in [-0.15, -0.1) is 13.2 Å². The van der Waals surface area contributed by atoms with Crippen LogP contribution in [0, 0.1) is 0 Å². The minimum Gasteiger partial charge on any atom is -0.297 e. The Balaban J connectivity index is 3.58. The average Bonchev–Trinajstić information content (AvgIpc) is 2.57. The van der Waals surface area contributed by atoms with E-state index in [0.29, 0.717) is 12.8 Å². The van der Waals surface area contributed by atoms with E-state index < -0.39 is 11.2 Å². The molecule has 0 N–H and O–H groups in total. The highest BCUT2D eigenvalue weighted by Crippen LogP contribution is 2.14. The molecule has 0 radical (unpaired) electrons. The lowest BCUT2D eigenvalue weighted by molar-refractivity contribution is -0.312. The van der Waals surface area contributed by atoms with Crippen molar-refractivity contribution in [3.8, 4) is 0 Å². The SMILES string of the molecule is C=CC(C)(C)OOC(=O)CCCCCCCC(=O)OOC(C)(C)C=C. The fourth-order valence-electron chi connectivity index (χ4n) is 1.53. The molecule has 0 fully saturated rings. The summed E-state index contributed by atoms with van der Waals surface area (Å²) in [5.74, 6) is -0.777. The molecule has 0 spiro atoms. The summed E-state index contributed by atoms with van der Waals surface area (Å²) in [5.41, 5.74) is -1.37. The summed E-state index contributed by atoms with van der Waals surface area (Å²) in [7, 11) is 0. The molecule has 144 valence electrons. The third-order valence-corrected chi connectivity index (χ3v) is 3.44. The number of carbonyl (C=O) groups is 2. The summed E-state index contributed by atoms with van der Waals surface area (Å²) in [5, 5.41) is 0. The van der Waals surface area contributed by atoms with E-state index in [2.05, 4.69) is 13.2 Å². The van der Waals surface area contributed by atoms with Crippen LogP contribution in [0.1, 0.15) is 72.6 Å². The van der Waals surface area contributed by atoms with Gasteiger partial charge in [0, 0.05) is 12.8 Å². The smallest absolute Gasteiger partial charge is 0.297 e. The Morgan fingerprint density at radius 1 is 0.720 bits per heavy atom. The normalized spacial score (nSPS) is 11.7. The molecular formula is C19H32O6. The maximum Gasteiger partial charge on any atom is 0.342 e. The molecule has 0 aromatic carbocycles. The molecule has 0 aromatic rings. The molecule has 0 amide bonds. The van der Waals surface area contributed by atoms with Gasteiger partial charge in [-0.25, -0.2) is 9.59 Å². The molecule has 0 aliphatic rings. The Hall–Kier alpha value is -1.66. The van der Waals surface area contributed by atoms with E-state index >= 15 is 0 Å². The topological polar surface area (TPSA) is 71.1 Å². The second-order valence-electron chi connectivity index (χ2n) is 6.96. The van der Waals surface area contributed by atoms with Crippen molar-refractivity contribution in [3.63, 3.8) is 0 Å². The third kappa shape index (κ3) is 13.3. The summed E-state index contributed by atoms with van der Waals surface area (Å²) < 4.78 is 0. The van der Waals surface area contributed by atoms with Gasteiger partial charge in [0.25, 0.3) is 0 Å². The summed E-state index contributed by atoms with van der Waals surface area (Å²) in [6, 6.07) is 0. The number of rotatable bonds is 14. The predicted octanol–water partition coefficient (Wildman–Crippen LogP) is 4.60. The van der Waals surface area contributed by atoms with Crippen LogP contribution in [0.15, 0.2) is 25.3 Å². The molecule has 0 unspecified atom stereocenters. The van der Waals surface area contributed by atoms with E-state index in [-0.39, 0.29) is 11.9 Å². The first kappa shape index (κ1) is 23.3. The maximum absolute atomic E-state index is 11.5. The minimum absolute atomic E-state index is 0.305. The van der Waals surface area contributed by atoms with Crippen molar-refractivity contribution in [1.82, 2.24) is 0 Å². The van der Waals surface area contributed by atoms with Crippen LogP contribution in [-0.2, 0) is 29.1 Å². The van der Waals surface area contributed by atoms with Crippen LogP contribution in [0.3, 0.4) is 0 Å². The van der Waals surface area contributed by atoms with E-state index in [1.165, 1.54) is 0 Å².